The number of carbonyl (C=O) groups is 2. The molecule has 0 saturated carbocycles. The number of aliphatic hydroxyl groups excluding tert-OH is 4. The van der Waals surface area contributed by atoms with Crippen molar-refractivity contribution in [2.24, 2.45) is 11.8 Å². The Kier molecular flexibility index (Phi) is 6.03. The van der Waals surface area contributed by atoms with Gasteiger partial charge < -0.3 is 44.5 Å². The van der Waals surface area contributed by atoms with Gasteiger partial charge in [-0.3, -0.25) is 0 Å². The molecule has 2 heterocycles. The quantitative estimate of drug-likeness (QED) is 0.318. The van der Waals surface area contributed by atoms with E-state index in [-0.39, 0.29) is 17.6 Å². The van der Waals surface area contributed by atoms with Gasteiger partial charge in [0, 0.05) is 11.5 Å². The van der Waals surface area contributed by atoms with E-state index in [1.165, 1.54) is 13.2 Å². The summed E-state index contributed by atoms with van der Waals surface area (Å²) in [5.41, 5.74) is 0.114. The molecule has 0 unspecified atom stereocenters. The number of aliphatic hydroxyl groups is 4. The van der Waals surface area contributed by atoms with Crippen LogP contribution in [0.3, 0.4) is 0 Å². The van der Waals surface area contributed by atoms with Gasteiger partial charge in [-0.15, -0.1) is 0 Å². The first-order valence-corrected chi connectivity index (χ1v) is 8.63. The lowest BCUT2D eigenvalue weighted by atomic mass is 9.83. The SMILES string of the molecule is COC(=O)C1=CC[C@@H]2C(C(=O)O)=CO[C@@H](O[C@@H]3O[C@H](CO)[C@@H](O)[C@H](O)[C@H]3O)[C@H]12. The first-order chi connectivity index (χ1) is 13.3. The van der Waals surface area contributed by atoms with Crippen molar-refractivity contribution in [3.8, 4) is 0 Å². The van der Waals surface area contributed by atoms with Crippen molar-refractivity contribution in [1.29, 1.82) is 0 Å². The third-order valence-electron chi connectivity index (χ3n) is 5.19. The van der Waals surface area contributed by atoms with E-state index in [9.17, 15) is 35.1 Å². The van der Waals surface area contributed by atoms with Crippen LogP contribution >= 0.6 is 0 Å². The summed E-state index contributed by atoms with van der Waals surface area (Å²) in [6, 6.07) is 0. The molecule has 0 radical (unpaired) electrons. The maximum atomic E-state index is 12.1. The molecule has 0 bridgehead atoms. The molecule has 0 aromatic carbocycles. The van der Waals surface area contributed by atoms with Gasteiger partial charge in [-0.05, 0) is 6.42 Å². The Morgan fingerprint density at radius 2 is 1.86 bits per heavy atom. The highest BCUT2D eigenvalue weighted by Crippen LogP contribution is 2.44. The summed E-state index contributed by atoms with van der Waals surface area (Å²) in [4.78, 5) is 23.6. The fourth-order valence-electron chi connectivity index (χ4n) is 3.70. The molecule has 156 valence electrons. The number of fused-ring (bicyclic) bond motifs is 1. The first-order valence-electron chi connectivity index (χ1n) is 8.63. The van der Waals surface area contributed by atoms with Crippen LogP contribution in [0.15, 0.2) is 23.5 Å². The number of ether oxygens (including phenoxy) is 4. The van der Waals surface area contributed by atoms with Crippen molar-refractivity contribution in [3.05, 3.63) is 23.5 Å². The zero-order valence-corrected chi connectivity index (χ0v) is 14.9. The van der Waals surface area contributed by atoms with Crippen molar-refractivity contribution in [2.75, 3.05) is 13.7 Å². The Morgan fingerprint density at radius 1 is 1.14 bits per heavy atom. The van der Waals surface area contributed by atoms with E-state index in [1.807, 2.05) is 0 Å². The molecule has 11 nitrogen and oxygen atoms in total. The number of carboxylic acids is 1. The fourth-order valence-corrected chi connectivity index (χ4v) is 3.70. The van der Waals surface area contributed by atoms with Crippen molar-refractivity contribution in [3.63, 3.8) is 0 Å². The monoisotopic (exact) mass is 402 g/mol. The molecule has 2 aliphatic heterocycles. The number of hydrogen-bond donors (Lipinski definition) is 5. The van der Waals surface area contributed by atoms with Crippen LogP contribution in [-0.2, 0) is 28.5 Å². The number of aliphatic carboxylic acids is 1. The summed E-state index contributed by atoms with van der Waals surface area (Å²) >= 11 is 0. The van der Waals surface area contributed by atoms with Crippen LogP contribution in [0.5, 0.6) is 0 Å². The highest BCUT2D eigenvalue weighted by molar-refractivity contribution is 5.92. The van der Waals surface area contributed by atoms with E-state index in [4.69, 9.17) is 18.9 Å². The number of hydrogen-bond acceptors (Lipinski definition) is 10. The molecule has 3 aliphatic rings. The predicted molar refractivity (Wildman–Crippen MR) is 87.1 cm³/mol. The first kappa shape index (κ1) is 20.7. The molecule has 1 aliphatic carbocycles. The Morgan fingerprint density at radius 3 is 2.46 bits per heavy atom. The molecule has 0 aromatic heterocycles. The third-order valence-corrected chi connectivity index (χ3v) is 5.19. The van der Waals surface area contributed by atoms with E-state index in [2.05, 4.69) is 0 Å². The number of rotatable bonds is 5. The van der Waals surface area contributed by atoms with Crippen LogP contribution in [0.25, 0.3) is 0 Å². The highest BCUT2D eigenvalue weighted by atomic mass is 16.8. The molecule has 3 rings (SSSR count). The topological polar surface area (TPSA) is 172 Å². The average molecular weight is 402 g/mol. The molecule has 28 heavy (non-hydrogen) atoms. The van der Waals surface area contributed by atoms with Gasteiger partial charge >= 0.3 is 11.9 Å². The molecule has 0 spiro atoms. The summed E-state index contributed by atoms with van der Waals surface area (Å²) in [6.45, 7) is -0.640. The zero-order chi connectivity index (χ0) is 20.6. The summed E-state index contributed by atoms with van der Waals surface area (Å²) in [7, 11) is 1.18. The Balaban J connectivity index is 1.85. The van der Waals surface area contributed by atoms with E-state index in [1.54, 1.807) is 0 Å². The van der Waals surface area contributed by atoms with Gasteiger partial charge in [-0.25, -0.2) is 9.59 Å². The second kappa shape index (κ2) is 8.15. The van der Waals surface area contributed by atoms with Gasteiger partial charge in [0.2, 0.25) is 6.29 Å². The molecule has 0 amide bonds. The second-order valence-corrected chi connectivity index (χ2v) is 6.74. The Hall–Kier alpha value is -2.02. The minimum atomic E-state index is -1.67. The van der Waals surface area contributed by atoms with E-state index >= 15 is 0 Å². The lowest BCUT2D eigenvalue weighted by Crippen LogP contribution is -2.60. The van der Waals surface area contributed by atoms with Crippen molar-refractivity contribution >= 4 is 11.9 Å². The fraction of sp³-hybridized carbons (Fsp3) is 0.647. The second-order valence-electron chi connectivity index (χ2n) is 6.74. The Bertz CT molecular complexity index is 685. The van der Waals surface area contributed by atoms with Crippen LogP contribution in [0.4, 0.5) is 0 Å². The standard InChI is InChI=1S/C17H22O11/c1-25-15(24)7-3-2-6-8(14(22)23)5-26-16(10(6)7)28-17-13(21)12(20)11(19)9(4-18)27-17/h3,5-6,9-13,16-21H,2,4H2,1H3,(H,22,23)/t6-,9-,10+,11-,12+,13-,16+,17+/m1/s1. The summed E-state index contributed by atoms with van der Waals surface area (Å²) in [5, 5.41) is 48.5. The number of methoxy groups -OCH3 is 1. The van der Waals surface area contributed by atoms with Gasteiger partial charge in [0.1, 0.15) is 24.4 Å². The van der Waals surface area contributed by atoms with Gasteiger partial charge in [-0.2, -0.15) is 0 Å². The number of carbonyl (C=O) groups excluding carboxylic acids is 1. The lowest BCUT2D eigenvalue weighted by Gasteiger charge is -2.42. The summed E-state index contributed by atoms with van der Waals surface area (Å²) in [5.74, 6) is -3.36. The largest absolute Gasteiger partial charge is 0.478 e. The van der Waals surface area contributed by atoms with Crippen LogP contribution < -0.4 is 0 Å². The van der Waals surface area contributed by atoms with Crippen LogP contribution in [0, 0.1) is 11.8 Å². The molecule has 1 saturated heterocycles. The molecule has 8 atom stereocenters. The molecule has 0 aromatic rings. The summed E-state index contributed by atoms with van der Waals surface area (Å²) < 4.78 is 21.0. The van der Waals surface area contributed by atoms with Crippen LogP contribution in [0.2, 0.25) is 0 Å². The summed E-state index contributed by atoms with van der Waals surface area (Å²) in [6.07, 6.45) is -6.02. The number of esters is 1. The minimum absolute atomic E-state index is 0.0474. The van der Waals surface area contributed by atoms with Crippen molar-refractivity contribution < 1.29 is 54.1 Å². The molecular weight excluding hydrogens is 380 g/mol. The van der Waals surface area contributed by atoms with Crippen molar-refractivity contribution in [1.82, 2.24) is 0 Å². The molecule has 1 fully saturated rings. The van der Waals surface area contributed by atoms with Crippen LogP contribution in [-0.4, -0.2) is 88.2 Å². The lowest BCUT2D eigenvalue weighted by molar-refractivity contribution is -0.339. The van der Waals surface area contributed by atoms with Gasteiger partial charge in [0.25, 0.3) is 0 Å². The Labute approximate surface area is 159 Å². The molecule has 5 N–H and O–H groups in total. The minimum Gasteiger partial charge on any atom is -0.478 e. The number of carboxylic acid groups (broad SMARTS) is 1. The maximum absolute atomic E-state index is 12.1. The highest BCUT2D eigenvalue weighted by Gasteiger charge is 2.51. The molecular formula is C17H22O11. The smallest absolute Gasteiger partial charge is 0.335 e. The normalized spacial score (nSPS) is 40.0. The maximum Gasteiger partial charge on any atom is 0.335 e. The third kappa shape index (κ3) is 3.52. The van der Waals surface area contributed by atoms with E-state index in [0.717, 1.165) is 6.26 Å². The predicted octanol–water partition coefficient (Wildman–Crippen LogP) is -2.14. The van der Waals surface area contributed by atoms with Crippen molar-refractivity contribution in [2.45, 2.75) is 43.4 Å². The molecule has 11 heteroatoms. The number of allylic oxidation sites excluding steroid dienone is 1. The van der Waals surface area contributed by atoms with Gasteiger partial charge in [0.15, 0.2) is 6.29 Å². The zero-order valence-electron chi connectivity index (χ0n) is 14.9. The van der Waals surface area contributed by atoms with E-state index in [0.29, 0.717) is 0 Å². The average Bonchev–Trinajstić information content (AvgIpc) is 3.13. The van der Waals surface area contributed by atoms with Gasteiger partial charge in [0.05, 0.1) is 31.5 Å². The van der Waals surface area contributed by atoms with E-state index < -0.39 is 67.4 Å². The van der Waals surface area contributed by atoms with Crippen LogP contribution in [0.1, 0.15) is 6.42 Å². The van der Waals surface area contributed by atoms with Gasteiger partial charge in [-0.1, -0.05) is 6.08 Å².